The molecule has 1 nitrogen and oxygen atoms in total. The average Bonchev–Trinajstić information content (AvgIpc) is 2.33. The topological polar surface area (TPSA) is 12.0 Å². The van der Waals surface area contributed by atoms with Crippen LogP contribution >= 0.6 is 11.6 Å². The molecule has 1 fully saturated rings. The maximum atomic E-state index is 5.71. The molecule has 0 spiro atoms. The van der Waals surface area contributed by atoms with Crippen molar-refractivity contribution in [2.24, 2.45) is 0 Å². The van der Waals surface area contributed by atoms with Gasteiger partial charge >= 0.3 is 0 Å². The lowest BCUT2D eigenvalue weighted by Gasteiger charge is -2.21. The first kappa shape index (κ1) is 11.3. The smallest absolute Gasteiger partial charge is 0.0238 e. The lowest BCUT2D eigenvalue weighted by molar-refractivity contribution is 0.402. The Bertz CT molecular complexity index is 119. The highest BCUT2D eigenvalue weighted by molar-refractivity contribution is 6.17. The molecule has 0 aliphatic heterocycles. The molecule has 1 aliphatic rings. The van der Waals surface area contributed by atoms with Crippen LogP contribution < -0.4 is 5.32 Å². The molecule has 1 saturated carbocycles. The van der Waals surface area contributed by atoms with Gasteiger partial charge in [-0.15, -0.1) is 11.6 Å². The van der Waals surface area contributed by atoms with E-state index in [1.165, 1.54) is 38.5 Å². The van der Waals surface area contributed by atoms with E-state index in [1.807, 2.05) is 0 Å². The molecule has 1 unspecified atom stereocenters. The molecule has 0 amide bonds. The van der Waals surface area contributed by atoms with E-state index < -0.39 is 0 Å². The minimum Gasteiger partial charge on any atom is -0.311 e. The van der Waals surface area contributed by atoms with Crippen LogP contribution in [0.3, 0.4) is 0 Å². The summed E-state index contributed by atoms with van der Waals surface area (Å²) in [6.07, 6.45) is 9.51. The molecule has 1 N–H and O–H groups in total. The lowest BCUT2D eigenvalue weighted by Crippen LogP contribution is -2.36. The molecule has 0 bridgehead atoms. The van der Waals surface area contributed by atoms with Gasteiger partial charge in [0.05, 0.1) is 0 Å². The number of nitrogens with one attached hydrogen (secondary N) is 1. The molecule has 13 heavy (non-hydrogen) atoms. The quantitative estimate of drug-likeness (QED) is 0.546. The summed E-state index contributed by atoms with van der Waals surface area (Å²) < 4.78 is 0. The van der Waals surface area contributed by atoms with Gasteiger partial charge < -0.3 is 5.32 Å². The van der Waals surface area contributed by atoms with Gasteiger partial charge in [0.1, 0.15) is 0 Å². The van der Waals surface area contributed by atoms with E-state index in [2.05, 4.69) is 12.2 Å². The van der Waals surface area contributed by atoms with Gasteiger partial charge in [0.15, 0.2) is 0 Å². The van der Waals surface area contributed by atoms with Crippen LogP contribution in [0.2, 0.25) is 0 Å². The third kappa shape index (κ3) is 4.87. The van der Waals surface area contributed by atoms with Gasteiger partial charge in [-0.3, -0.25) is 0 Å². The van der Waals surface area contributed by atoms with Crippen LogP contribution in [0.15, 0.2) is 0 Å². The summed E-state index contributed by atoms with van der Waals surface area (Å²) >= 11 is 5.71. The van der Waals surface area contributed by atoms with Crippen molar-refractivity contribution >= 4 is 11.6 Å². The molecule has 0 radical (unpaired) electrons. The van der Waals surface area contributed by atoms with Crippen LogP contribution in [-0.4, -0.2) is 18.0 Å². The van der Waals surface area contributed by atoms with Crippen molar-refractivity contribution in [1.82, 2.24) is 5.32 Å². The Balaban J connectivity index is 2.17. The summed E-state index contributed by atoms with van der Waals surface area (Å²) in [4.78, 5) is 0. The van der Waals surface area contributed by atoms with Crippen molar-refractivity contribution in [2.75, 3.05) is 5.88 Å². The van der Waals surface area contributed by atoms with E-state index in [4.69, 9.17) is 11.6 Å². The molecule has 1 atom stereocenters. The summed E-state index contributed by atoms with van der Waals surface area (Å²) in [6, 6.07) is 1.36. The molecule has 78 valence electrons. The van der Waals surface area contributed by atoms with Crippen molar-refractivity contribution in [1.29, 1.82) is 0 Å². The van der Waals surface area contributed by atoms with Crippen molar-refractivity contribution in [2.45, 2.75) is 64.0 Å². The molecule has 2 heteroatoms. The van der Waals surface area contributed by atoms with E-state index in [-0.39, 0.29) is 0 Å². The third-order valence-corrected chi connectivity index (χ3v) is 3.14. The van der Waals surface area contributed by atoms with E-state index >= 15 is 0 Å². The van der Waals surface area contributed by atoms with E-state index in [0.717, 1.165) is 18.3 Å². The summed E-state index contributed by atoms with van der Waals surface area (Å²) in [5.74, 6) is 0.779. The highest BCUT2D eigenvalue weighted by Crippen LogP contribution is 2.17. The maximum absolute atomic E-state index is 5.71. The Labute approximate surface area is 87.2 Å². The van der Waals surface area contributed by atoms with Crippen LogP contribution in [0.1, 0.15) is 51.9 Å². The predicted octanol–water partition coefficient (Wildman–Crippen LogP) is 3.32. The van der Waals surface area contributed by atoms with Gasteiger partial charge in [-0.05, 0) is 26.2 Å². The zero-order chi connectivity index (χ0) is 9.52. The van der Waals surface area contributed by atoms with E-state index in [0.29, 0.717) is 6.04 Å². The van der Waals surface area contributed by atoms with Crippen molar-refractivity contribution in [3.8, 4) is 0 Å². The normalized spacial score (nSPS) is 22.6. The standard InChI is InChI=1S/C11H22ClN/c1-10(8-9-12)13-11-6-4-2-3-5-7-11/h10-11,13H,2-9H2,1H3. The Morgan fingerprint density at radius 2 is 1.85 bits per heavy atom. The summed E-state index contributed by atoms with van der Waals surface area (Å²) in [6.45, 7) is 2.24. The van der Waals surface area contributed by atoms with E-state index in [1.54, 1.807) is 0 Å². The number of halogens is 1. The molecule has 0 aromatic carbocycles. The second kappa shape index (κ2) is 6.67. The molecular weight excluding hydrogens is 182 g/mol. The SMILES string of the molecule is CC(CCCl)NC1CCCCCC1. The summed E-state index contributed by atoms with van der Waals surface area (Å²) in [7, 11) is 0. The molecule has 0 saturated heterocycles. The van der Waals surface area contributed by atoms with Crippen molar-refractivity contribution in [3.63, 3.8) is 0 Å². The van der Waals surface area contributed by atoms with Crippen LogP contribution in [0.25, 0.3) is 0 Å². The predicted molar refractivity (Wildman–Crippen MR) is 59.4 cm³/mol. The van der Waals surface area contributed by atoms with Gasteiger partial charge in [0.25, 0.3) is 0 Å². The highest BCUT2D eigenvalue weighted by atomic mass is 35.5. The number of alkyl halides is 1. The number of hydrogen-bond donors (Lipinski definition) is 1. The molecular formula is C11H22ClN. The van der Waals surface area contributed by atoms with Gasteiger partial charge in [0.2, 0.25) is 0 Å². The Hall–Kier alpha value is 0.250. The van der Waals surface area contributed by atoms with Gasteiger partial charge in [0, 0.05) is 18.0 Å². The first-order valence-electron chi connectivity index (χ1n) is 5.65. The van der Waals surface area contributed by atoms with Crippen molar-refractivity contribution < 1.29 is 0 Å². The molecule has 0 heterocycles. The lowest BCUT2D eigenvalue weighted by atomic mass is 10.1. The Morgan fingerprint density at radius 1 is 1.23 bits per heavy atom. The van der Waals surface area contributed by atoms with Gasteiger partial charge in [-0.25, -0.2) is 0 Å². The number of rotatable bonds is 4. The monoisotopic (exact) mass is 203 g/mol. The maximum Gasteiger partial charge on any atom is 0.0238 e. The Kier molecular flexibility index (Phi) is 5.81. The largest absolute Gasteiger partial charge is 0.311 e. The first-order valence-corrected chi connectivity index (χ1v) is 6.18. The number of hydrogen-bond acceptors (Lipinski definition) is 1. The average molecular weight is 204 g/mol. The van der Waals surface area contributed by atoms with Gasteiger partial charge in [-0.2, -0.15) is 0 Å². The van der Waals surface area contributed by atoms with Crippen LogP contribution in [0.5, 0.6) is 0 Å². The second-order valence-corrected chi connectivity index (χ2v) is 4.61. The third-order valence-electron chi connectivity index (χ3n) is 2.92. The highest BCUT2D eigenvalue weighted by Gasteiger charge is 2.13. The molecule has 0 aromatic heterocycles. The first-order chi connectivity index (χ1) is 6.33. The fourth-order valence-electron chi connectivity index (χ4n) is 2.10. The van der Waals surface area contributed by atoms with Crippen molar-refractivity contribution in [3.05, 3.63) is 0 Å². The van der Waals surface area contributed by atoms with Gasteiger partial charge in [-0.1, -0.05) is 25.7 Å². The zero-order valence-corrected chi connectivity index (χ0v) is 9.45. The van der Waals surface area contributed by atoms with Crippen LogP contribution in [0, 0.1) is 0 Å². The minimum absolute atomic E-state index is 0.598. The zero-order valence-electron chi connectivity index (χ0n) is 8.69. The van der Waals surface area contributed by atoms with E-state index in [9.17, 15) is 0 Å². The molecule has 1 rings (SSSR count). The minimum atomic E-state index is 0.598. The Morgan fingerprint density at radius 3 is 2.38 bits per heavy atom. The molecule has 1 aliphatic carbocycles. The second-order valence-electron chi connectivity index (χ2n) is 4.23. The summed E-state index contributed by atoms with van der Waals surface area (Å²) in [5, 5.41) is 3.68. The van der Waals surface area contributed by atoms with Crippen LogP contribution in [0.4, 0.5) is 0 Å². The molecule has 0 aromatic rings. The summed E-state index contributed by atoms with van der Waals surface area (Å²) in [5.41, 5.74) is 0. The fourth-order valence-corrected chi connectivity index (χ4v) is 2.42. The van der Waals surface area contributed by atoms with Crippen LogP contribution in [-0.2, 0) is 0 Å². The fraction of sp³-hybridized carbons (Fsp3) is 1.00.